The second-order valence-electron chi connectivity index (χ2n) is 3.67. The van der Waals surface area contributed by atoms with Crippen LogP contribution in [0.15, 0.2) is 0 Å². The summed E-state index contributed by atoms with van der Waals surface area (Å²) in [6.45, 7) is 0.499. The van der Waals surface area contributed by atoms with Crippen LogP contribution in [0.2, 0.25) is 0 Å². The Morgan fingerprint density at radius 3 is 2.50 bits per heavy atom. The summed E-state index contributed by atoms with van der Waals surface area (Å²) < 4.78 is 4.86. The van der Waals surface area contributed by atoms with Crippen molar-refractivity contribution in [3.05, 3.63) is 0 Å². The van der Waals surface area contributed by atoms with E-state index < -0.39 is 42.0 Å². The minimum atomic E-state index is -1.76. The van der Waals surface area contributed by atoms with Gasteiger partial charge in [0.2, 0.25) is 5.91 Å². The maximum Gasteiger partial charge on any atom is 0.217 e. The van der Waals surface area contributed by atoms with E-state index in [0.29, 0.717) is 0 Å². The second kappa shape index (κ2) is 4.86. The maximum absolute atomic E-state index is 10.8. The van der Waals surface area contributed by atoms with E-state index in [0.717, 1.165) is 0 Å². The largest absolute Gasteiger partial charge is 0.392 e. The summed E-state index contributed by atoms with van der Waals surface area (Å²) in [5, 5.41) is 40.0. The van der Waals surface area contributed by atoms with Crippen molar-refractivity contribution in [2.24, 2.45) is 0 Å². The molecule has 1 heterocycles. The third-order valence-corrected chi connectivity index (χ3v) is 2.89. The molecule has 1 saturated heterocycles. The van der Waals surface area contributed by atoms with Gasteiger partial charge in [0.05, 0.1) is 6.61 Å². The van der Waals surface area contributed by atoms with Crippen molar-refractivity contribution in [3.63, 3.8) is 0 Å². The molecule has 0 aromatic heterocycles. The highest BCUT2D eigenvalue weighted by Gasteiger charge is 2.51. The molecule has 1 unspecified atom stereocenters. The normalized spacial score (nSPS) is 44.1. The van der Waals surface area contributed by atoms with E-state index in [2.05, 4.69) is 17.9 Å². The molecule has 0 aliphatic carbocycles. The highest BCUT2D eigenvalue weighted by Crippen LogP contribution is 2.31. The summed E-state index contributed by atoms with van der Waals surface area (Å²) >= 11 is 3.84. The first kappa shape index (κ1) is 13.7. The van der Waals surface area contributed by atoms with Crippen molar-refractivity contribution in [2.75, 3.05) is 6.61 Å². The molecule has 0 aromatic rings. The molecule has 1 fully saturated rings. The molecule has 0 aromatic carbocycles. The van der Waals surface area contributed by atoms with Crippen LogP contribution >= 0.6 is 12.6 Å². The fraction of sp³-hybridized carbons (Fsp3) is 0.875. The van der Waals surface area contributed by atoms with Crippen LogP contribution in [0.3, 0.4) is 0 Å². The topological polar surface area (TPSA) is 119 Å². The number of ether oxygens (including phenoxy) is 1. The van der Waals surface area contributed by atoms with Gasteiger partial charge >= 0.3 is 0 Å². The Balaban J connectivity index is 2.83. The zero-order valence-corrected chi connectivity index (χ0v) is 9.46. The Morgan fingerprint density at radius 1 is 1.50 bits per heavy atom. The molecule has 7 nitrogen and oxygen atoms in total. The van der Waals surface area contributed by atoms with Crippen LogP contribution in [-0.4, -0.2) is 62.4 Å². The molecule has 5 atom stereocenters. The molecule has 0 radical (unpaired) electrons. The number of thiol groups is 1. The predicted molar refractivity (Wildman–Crippen MR) is 55.5 cm³/mol. The molecule has 1 aliphatic heterocycles. The summed E-state index contributed by atoms with van der Waals surface area (Å²) in [7, 11) is 0. The minimum absolute atomic E-state index is 0.491. The van der Waals surface area contributed by atoms with Crippen LogP contribution < -0.4 is 5.32 Å². The summed E-state index contributed by atoms with van der Waals surface area (Å²) in [5.41, 5.74) is 0. The number of rotatable bonds is 2. The standard InChI is InChI=1S/C8H15NO6S/c1-3(11)9-4-5(12)6(13)8(16,2-10)15-7(4)14/h4-7,10,12-14,16H,2H2,1H3,(H,9,11)/t4-,5-,6-,7?,8-/m1/s1. The molecular weight excluding hydrogens is 238 g/mol. The lowest BCUT2D eigenvalue weighted by Gasteiger charge is -2.45. The second-order valence-corrected chi connectivity index (χ2v) is 4.43. The van der Waals surface area contributed by atoms with Crippen LogP contribution in [0.5, 0.6) is 0 Å². The van der Waals surface area contributed by atoms with Crippen molar-refractivity contribution in [1.82, 2.24) is 5.32 Å². The van der Waals surface area contributed by atoms with Gasteiger partial charge in [0.1, 0.15) is 18.2 Å². The van der Waals surface area contributed by atoms with E-state index in [9.17, 15) is 20.1 Å². The van der Waals surface area contributed by atoms with Crippen LogP contribution in [-0.2, 0) is 9.53 Å². The Kier molecular flexibility index (Phi) is 4.16. The highest BCUT2D eigenvalue weighted by molar-refractivity contribution is 7.81. The number of aliphatic hydroxyl groups is 4. The van der Waals surface area contributed by atoms with Crippen LogP contribution in [0, 0.1) is 0 Å². The zero-order valence-electron chi connectivity index (χ0n) is 8.57. The zero-order chi connectivity index (χ0) is 12.5. The van der Waals surface area contributed by atoms with Gasteiger partial charge in [0.15, 0.2) is 11.2 Å². The molecule has 0 spiro atoms. The van der Waals surface area contributed by atoms with Gasteiger partial charge in [-0.15, -0.1) is 12.6 Å². The van der Waals surface area contributed by atoms with Gasteiger partial charge in [0, 0.05) is 6.92 Å². The van der Waals surface area contributed by atoms with Crippen molar-refractivity contribution in [1.29, 1.82) is 0 Å². The van der Waals surface area contributed by atoms with Gasteiger partial charge in [0.25, 0.3) is 0 Å². The van der Waals surface area contributed by atoms with Crippen LogP contribution in [0.25, 0.3) is 0 Å². The van der Waals surface area contributed by atoms with Crippen LogP contribution in [0.4, 0.5) is 0 Å². The molecule has 1 aliphatic rings. The summed E-state index contributed by atoms with van der Waals surface area (Å²) in [5.74, 6) is -0.491. The van der Waals surface area contributed by atoms with E-state index in [-0.39, 0.29) is 0 Å². The number of nitrogens with one attached hydrogen (secondary N) is 1. The molecule has 94 valence electrons. The fourth-order valence-corrected chi connectivity index (χ4v) is 1.77. The quantitative estimate of drug-likeness (QED) is 0.295. The predicted octanol–water partition coefficient (Wildman–Crippen LogP) is -2.82. The molecule has 1 amide bonds. The van der Waals surface area contributed by atoms with Gasteiger partial charge in [-0.3, -0.25) is 4.79 Å². The number of carbonyl (C=O) groups excluding carboxylic acids is 1. The summed E-state index contributed by atoms with van der Waals surface area (Å²) in [6, 6.07) is -1.17. The number of carbonyl (C=O) groups is 1. The monoisotopic (exact) mass is 253 g/mol. The van der Waals surface area contributed by atoms with Gasteiger partial charge < -0.3 is 30.5 Å². The first-order chi connectivity index (χ1) is 7.31. The lowest BCUT2D eigenvalue weighted by Crippen LogP contribution is -2.67. The van der Waals surface area contributed by atoms with Crippen LogP contribution in [0.1, 0.15) is 6.92 Å². The molecule has 0 saturated carbocycles. The Bertz CT molecular complexity index is 277. The molecule has 5 N–H and O–H groups in total. The van der Waals surface area contributed by atoms with Crippen molar-refractivity contribution in [3.8, 4) is 0 Å². The smallest absolute Gasteiger partial charge is 0.217 e. The van der Waals surface area contributed by atoms with E-state index in [1.165, 1.54) is 6.92 Å². The Hall–Kier alpha value is -0.380. The number of hydrogen-bond acceptors (Lipinski definition) is 7. The molecular formula is C8H15NO6S. The van der Waals surface area contributed by atoms with E-state index in [1.807, 2.05) is 0 Å². The first-order valence-electron chi connectivity index (χ1n) is 4.64. The lowest BCUT2D eigenvalue weighted by molar-refractivity contribution is -0.266. The average Bonchev–Trinajstić information content (AvgIpc) is 2.21. The molecule has 8 heteroatoms. The van der Waals surface area contributed by atoms with E-state index >= 15 is 0 Å². The van der Waals surface area contributed by atoms with Gasteiger partial charge in [-0.05, 0) is 0 Å². The molecule has 0 bridgehead atoms. The van der Waals surface area contributed by atoms with Crippen molar-refractivity contribution in [2.45, 2.75) is 36.4 Å². The van der Waals surface area contributed by atoms with Gasteiger partial charge in [-0.2, -0.15) is 0 Å². The number of amides is 1. The number of hydrogen-bond donors (Lipinski definition) is 6. The SMILES string of the molecule is CC(=O)N[C@H]1C(O)O[C@@](S)(CO)[C@H](O)[C@@H]1O. The van der Waals surface area contributed by atoms with Gasteiger partial charge in [-0.25, -0.2) is 0 Å². The first-order valence-corrected chi connectivity index (χ1v) is 5.09. The third kappa shape index (κ3) is 2.47. The van der Waals surface area contributed by atoms with E-state index in [4.69, 9.17) is 9.84 Å². The Labute approximate surface area is 97.4 Å². The summed E-state index contributed by atoms with van der Waals surface area (Å²) in [6.07, 6.45) is -4.59. The average molecular weight is 253 g/mol. The molecule has 16 heavy (non-hydrogen) atoms. The van der Waals surface area contributed by atoms with Crippen molar-refractivity contribution >= 4 is 18.5 Å². The fourth-order valence-electron chi connectivity index (χ4n) is 1.51. The van der Waals surface area contributed by atoms with E-state index in [1.54, 1.807) is 0 Å². The Morgan fingerprint density at radius 2 is 2.06 bits per heavy atom. The maximum atomic E-state index is 10.8. The molecule has 1 rings (SSSR count). The highest BCUT2D eigenvalue weighted by atomic mass is 32.1. The third-order valence-electron chi connectivity index (χ3n) is 2.38. The summed E-state index contributed by atoms with van der Waals surface area (Å²) in [4.78, 5) is 9.05. The number of aliphatic hydroxyl groups excluding tert-OH is 4. The lowest BCUT2D eigenvalue weighted by atomic mass is 9.96. The minimum Gasteiger partial charge on any atom is -0.392 e. The van der Waals surface area contributed by atoms with Crippen molar-refractivity contribution < 1.29 is 30.0 Å². The van der Waals surface area contributed by atoms with Gasteiger partial charge in [-0.1, -0.05) is 0 Å².